The largest absolute Gasteiger partial charge is 0.378 e. The van der Waals surface area contributed by atoms with Crippen molar-refractivity contribution in [1.82, 2.24) is 9.88 Å². The topological polar surface area (TPSA) is 42.4 Å². The van der Waals surface area contributed by atoms with Gasteiger partial charge in [-0.3, -0.25) is 14.5 Å². The Kier molecular flexibility index (Phi) is 4.17. The highest BCUT2D eigenvalue weighted by atomic mass is 19.0. The minimum Gasteiger partial charge on any atom is -0.378 e. The molecular formula is C10H13FN2O2. The van der Waals surface area contributed by atoms with Gasteiger partial charge in [0.15, 0.2) is 0 Å². The number of aromatic nitrogens is 1. The number of halogens is 1. The van der Waals surface area contributed by atoms with Crippen molar-refractivity contribution in [3.8, 4) is 0 Å². The number of hydrogen-bond acceptors (Lipinski definition) is 3. The maximum Gasteiger partial charge on any atom is 0.255 e. The Morgan fingerprint density at radius 2 is 2.13 bits per heavy atom. The molecule has 0 aliphatic carbocycles. The van der Waals surface area contributed by atoms with Gasteiger partial charge in [-0.2, -0.15) is 0 Å². The molecule has 0 spiro atoms. The zero-order valence-corrected chi connectivity index (χ0v) is 8.26. The van der Waals surface area contributed by atoms with E-state index in [0.29, 0.717) is 31.9 Å². The molecule has 1 aliphatic heterocycles. The molecule has 1 aromatic heterocycles. The van der Waals surface area contributed by atoms with E-state index < -0.39 is 0 Å². The number of amides is 1. The summed E-state index contributed by atoms with van der Waals surface area (Å²) in [6.07, 6.45) is 3.26. The number of nitrogens with zero attached hydrogens (tertiary/aromatic N) is 2. The number of ether oxygens (including phenoxy) is 1. The summed E-state index contributed by atoms with van der Waals surface area (Å²) in [7, 11) is 0. The summed E-state index contributed by atoms with van der Waals surface area (Å²) >= 11 is 0. The number of rotatable bonds is 1. The SMILES string of the molecule is F.O=C(c1cccnc1)N1CCOCC1. The number of carbonyl (C=O) groups excluding carboxylic acids is 1. The lowest BCUT2D eigenvalue weighted by atomic mass is 10.2. The third-order valence-corrected chi connectivity index (χ3v) is 2.21. The molecule has 5 heteroatoms. The molecule has 0 radical (unpaired) electrons. The first-order chi connectivity index (χ1) is 6.88. The highest BCUT2D eigenvalue weighted by molar-refractivity contribution is 5.93. The molecule has 0 unspecified atom stereocenters. The Hall–Kier alpha value is -1.49. The highest BCUT2D eigenvalue weighted by Gasteiger charge is 2.17. The fourth-order valence-corrected chi connectivity index (χ4v) is 1.44. The van der Waals surface area contributed by atoms with Crippen LogP contribution in [-0.4, -0.2) is 42.1 Å². The Labute approximate surface area is 87.2 Å². The van der Waals surface area contributed by atoms with E-state index in [-0.39, 0.29) is 10.6 Å². The molecule has 0 N–H and O–H groups in total. The van der Waals surface area contributed by atoms with Crippen LogP contribution in [-0.2, 0) is 4.74 Å². The van der Waals surface area contributed by atoms with Gasteiger partial charge in [-0.25, -0.2) is 0 Å². The summed E-state index contributed by atoms with van der Waals surface area (Å²) in [5, 5.41) is 0. The van der Waals surface area contributed by atoms with Crippen LogP contribution in [0.15, 0.2) is 24.5 Å². The molecule has 0 saturated carbocycles. The van der Waals surface area contributed by atoms with Crippen LogP contribution in [0.3, 0.4) is 0 Å². The van der Waals surface area contributed by atoms with Gasteiger partial charge in [-0.1, -0.05) is 0 Å². The van der Waals surface area contributed by atoms with Gasteiger partial charge in [-0.15, -0.1) is 0 Å². The van der Waals surface area contributed by atoms with Gasteiger partial charge in [0.05, 0.1) is 18.8 Å². The normalized spacial score (nSPS) is 15.6. The predicted molar refractivity (Wildman–Crippen MR) is 53.5 cm³/mol. The van der Waals surface area contributed by atoms with E-state index in [1.807, 2.05) is 0 Å². The van der Waals surface area contributed by atoms with Gasteiger partial charge in [0, 0.05) is 25.5 Å². The molecule has 0 atom stereocenters. The third-order valence-electron chi connectivity index (χ3n) is 2.21. The van der Waals surface area contributed by atoms with E-state index in [2.05, 4.69) is 4.98 Å². The molecule has 0 bridgehead atoms. The fourth-order valence-electron chi connectivity index (χ4n) is 1.44. The minimum absolute atomic E-state index is 0. The minimum atomic E-state index is 0. The lowest BCUT2D eigenvalue weighted by Crippen LogP contribution is -2.40. The Bertz CT molecular complexity index is 312. The summed E-state index contributed by atoms with van der Waals surface area (Å²) in [5.74, 6) is 0.0430. The van der Waals surface area contributed by atoms with Crippen molar-refractivity contribution in [3.05, 3.63) is 30.1 Å². The Morgan fingerprint density at radius 1 is 1.40 bits per heavy atom. The molecule has 0 aromatic carbocycles. The average Bonchev–Trinajstić information content (AvgIpc) is 2.30. The summed E-state index contributed by atoms with van der Waals surface area (Å²) in [5.41, 5.74) is 0.648. The van der Waals surface area contributed by atoms with Gasteiger partial charge < -0.3 is 9.64 Å². The van der Waals surface area contributed by atoms with E-state index in [4.69, 9.17) is 4.74 Å². The molecule has 1 fully saturated rings. The standard InChI is InChI=1S/C10H12N2O2.FH/c13-10(9-2-1-3-11-8-9)12-4-6-14-7-5-12;/h1-3,8H,4-7H2;1H. The maximum atomic E-state index is 11.8. The van der Waals surface area contributed by atoms with E-state index in [9.17, 15) is 4.79 Å². The van der Waals surface area contributed by atoms with E-state index in [1.165, 1.54) is 0 Å². The number of morpholine rings is 1. The van der Waals surface area contributed by atoms with E-state index in [0.717, 1.165) is 0 Å². The van der Waals surface area contributed by atoms with Crippen molar-refractivity contribution in [3.63, 3.8) is 0 Å². The van der Waals surface area contributed by atoms with Crippen molar-refractivity contribution in [2.45, 2.75) is 0 Å². The highest BCUT2D eigenvalue weighted by Crippen LogP contribution is 2.05. The summed E-state index contributed by atoms with van der Waals surface area (Å²) < 4.78 is 5.18. The first-order valence-electron chi connectivity index (χ1n) is 4.65. The van der Waals surface area contributed by atoms with Gasteiger partial charge in [0.2, 0.25) is 0 Å². The number of hydrogen-bond donors (Lipinski definition) is 0. The van der Waals surface area contributed by atoms with Gasteiger partial charge >= 0.3 is 0 Å². The van der Waals surface area contributed by atoms with Crippen LogP contribution in [0.2, 0.25) is 0 Å². The third kappa shape index (κ3) is 2.73. The lowest BCUT2D eigenvalue weighted by molar-refractivity contribution is 0.0302. The Balaban J connectivity index is 0.00000112. The lowest BCUT2D eigenvalue weighted by Gasteiger charge is -2.26. The first-order valence-corrected chi connectivity index (χ1v) is 4.65. The molecule has 4 nitrogen and oxygen atoms in total. The van der Waals surface area contributed by atoms with Crippen LogP contribution < -0.4 is 0 Å². The summed E-state index contributed by atoms with van der Waals surface area (Å²) in [4.78, 5) is 17.5. The zero-order chi connectivity index (χ0) is 9.80. The second kappa shape index (κ2) is 5.41. The van der Waals surface area contributed by atoms with Crippen LogP contribution in [0.1, 0.15) is 10.4 Å². The van der Waals surface area contributed by atoms with Crippen molar-refractivity contribution < 1.29 is 14.2 Å². The molecule has 1 amide bonds. The molecule has 2 heterocycles. The smallest absolute Gasteiger partial charge is 0.255 e. The van der Waals surface area contributed by atoms with Crippen LogP contribution in [0.5, 0.6) is 0 Å². The van der Waals surface area contributed by atoms with Crippen molar-refractivity contribution in [2.75, 3.05) is 26.3 Å². The first kappa shape index (κ1) is 11.6. The van der Waals surface area contributed by atoms with Crippen LogP contribution in [0.4, 0.5) is 4.70 Å². The van der Waals surface area contributed by atoms with Crippen LogP contribution in [0.25, 0.3) is 0 Å². The van der Waals surface area contributed by atoms with Gasteiger partial charge in [-0.05, 0) is 12.1 Å². The summed E-state index contributed by atoms with van der Waals surface area (Å²) in [6, 6.07) is 3.55. The molecule has 1 aromatic rings. The second-order valence-corrected chi connectivity index (χ2v) is 3.15. The van der Waals surface area contributed by atoms with E-state index in [1.54, 1.807) is 29.4 Å². The van der Waals surface area contributed by atoms with Crippen molar-refractivity contribution >= 4 is 5.91 Å². The zero-order valence-electron chi connectivity index (χ0n) is 8.26. The predicted octanol–water partition coefficient (Wildman–Crippen LogP) is 0.707. The summed E-state index contributed by atoms with van der Waals surface area (Å²) in [6.45, 7) is 2.61. The molecule has 82 valence electrons. The quantitative estimate of drug-likeness (QED) is 0.688. The number of pyridine rings is 1. The van der Waals surface area contributed by atoms with Crippen molar-refractivity contribution in [1.29, 1.82) is 0 Å². The monoisotopic (exact) mass is 212 g/mol. The molecule has 2 rings (SSSR count). The van der Waals surface area contributed by atoms with Crippen LogP contribution in [0, 0.1) is 0 Å². The second-order valence-electron chi connectivity index (χ2n) is 3.15. The number of carbonyl (C=O) groups is 1. The average molecular weight is 212 g/mol. The van der Waals surface area contributed by atoms with Gasteiger partial charge in [0.25, 0.3) is 5.91 Å². The van der Waals surface area contributed by atoms with Gasteiger partial charge in [0.1, 0.15) is 0 Å². The molecule has 15 heavy (non-hydrogen) atoms. The van der Waals surface area contributed by atoms with Crippen LogP contribution >= 0.6 is 0 Å². The molecule has 1 aliphatic rings. The van der Waals surface area contributed by atoms with E-state index >= 15 is 0 Å². The molecule has 1 saturated heterocycles. The van der Waals surface area contributed by atoms with Crippen molar-refractivity contribution in [2.24, 2.45) is 0 Å². The molecular weight excluding hydrogens is 199 g/mol. The fraction of sp³-hybridized carbons (Fsp3) is 0.400. The Morgan fingerprint density at radius 3 is 2.73 bits per heavy atom. The maximum absolute atomic E-state index is 11.8.